The second-order valence-electron chi connectivity index (χ2n) is 7.44. The molecule has 1 fully saturated rings. The first-order chi connectivity index (χ1) is 16.2. The van der Waals surface area contributed by atoms with Crippen LogP contribution in [0.5, 0.6) is 5.75 Å². The number of non-ortho nitro benzene ring substituents is 1. The number of ether oxygens (including phenoxy) is 1. The molecular weight excluding hydrogens is 442 g/mol. The molecular formula is C23H19N5O6. The number of carbonyl (C=O) groups excluding carboxylic acids is 3. The van der Waals surface area contributed by atoms with Gasteiger partial charge in [0.1, 0.15) is 11.3 Å². The lowest BCUT2D eigenvalue weighted by atomic mass is 10.1. The minimum atomic E-state index is -0.856. The van der Waals surface area contributed by atoms with Gasteiger partial charge in [-0.05, 0) is 49.8 Å². The number of nitrogens with zero attached hydrogens (tertiary/aromatic N) is 4. The molecule has 1 aliphatic heterocycles. The quantitative estimate of drug-likeness (QED) is 0.267. The number of benzene rings is 1. The van der Waals surface area contributed by atoms with Gasteiger partial charge < -0.3 is 9.30 Å². The van der Waals surface area contributed by atoms with Gasteiger partial charge in [0, 0.05) is 35.9 Å². The Morgan fingerprint density at radius 3 is 2.44 bits per heavy atom. The largest absolute Gasteiger partial charge is 0.495 e. The fourth-order valence-corrected chi connectivity index (χ4v) is 3.81. The summed E-state index contributed by atoms with van der Waals surface area (Å²) in [6.07, 6.45) is 4.24. The number of hydrogen-bond acceptors (Lipinski definition) is 7. The Bertz CT molecular complexity index is 1380. The summed E-state index contributed by atoms with van der Waals surface area (Å²) in [5.41, 5.74) is 2.17. The highest BCUT2D eigenvalue weighted by molar-refractivity contribution is 6.39. The van der Waals surface area contributed by atoms with Crippen LogP contribution in [-0.2, 0) is 9.59 Å². The van der Waals surface area contributed by atoms with Crippen LogP contribution in [0.1, 0.15) is 17.0 Å². The maximum atomic E-state index is 13.1. The summed E-state index contributed by atoms with van der Waals surface area (Å²) in [5, 5.41) is 13.5. The van der Waals surface area contributed by atoms with Gasteiger partial charge in [0.2, 0.25) is 0 Å². The molecule has 11 heteroatoms. The smallest absolute Gasteiger partial charge is 0.335 e. The van der Waals surface area contributed by atoms with Crippen LogP contribution in [-0.4, -0.2) is 39.4 Å². The Morgan fingerprint density at radius 2 is 1.79 bits per heavy atom. The third kappa shape index (κ3) is 3.79. The first kappa shape index (κ1) is 22.4. The lowest BCUT2D eigenvalue weighted by Crippen LogP contribution is -2.54. The minimum Gasteiger partial charge on any atom is -0.495 e. The highest BCUT2D eigenvalue weighted by atomic mass is 16.6. The molecule has 0 radical (unpaired) electrons. The molecule has 172 valence electrons. The zero-order chi connectivity index (χ0) is 24.6. The van der Waals surface area contributed by atoms with Crippen LogP contribution in [0, 0.1) is 24.0 Å². The second-order valence-corrected chi connectivity index (χ2v) is 7.44. The van der Waals surface area contributed by atoms with Gasteiger partial charge >= 0.3 is 6.03 Å². The Morgan fingerprint density at radius 1 is 1.09 bits per heavy atom. The van der Waals surface area contributed by atoms with E-state index in [9.17, 15) is 24.5 Å². The number of aryl methyl sites for hydroxylation is 1. The number of aromatic nitrogens is 2. The monoisotopic (exact) mass is 461 g/mol. The van der Waals surface area contributed by atoms with E-state index < -0.39 is 22.8 Å². The number of urea groups is 1. The highest BCUT2D eigenvalue weighted by Gasteiger charge is 2.37. The number of rotatable bonds is 5. The van der Waals surface area contributed by atoms with Crippen molar-refractivity contribution in [3.8, 4) is 11.4 Å². The van der Waals surface area contributed by atoms with Crippen molar-refractivity contribution in [1.29, 1.82) is 0 Å². The minimum absolute atomic E-state index is 0.114. The van der Waals surface area contributed by atoms with Gasteiger partial charge in [0.25, 0.3) is 17.5 Å². The van der Waals surface area contributed by atoms with Crippen LogP contribution in [0.3, 0.4) is 0 Å². The van der Waals surface area contributed by atoms with E-state index in [0.29, 0.717) is 28.4 Å². The molecule has 0 aliphatic carbocycles. The van der Waals surface area contributed by atoms with Crippen LogP contribution in [0.4, 0.5) is 16.2 Å². The van der Waals surface area contributed by atoms with Gasteiger partial charge in [0.15, 0.2) is 0 Å². The second kappa shape index (κ2) is 8.62. The molecule has 1 N–H and O–H groups in total. The molecule has 1 aliphatic rings. The van der Waals surface area contributed by atoms with E-state index in [2.05, 4.69) is 10.3 Å². The number of pyridine rings is 1. The standard InChI is InChI=1S/C23H19N5O6/c1-13-10-15(14(2)26(13)19-12-17(28(32)33)4-5-20(19)34-3)11-18-21(29)25-23(31)27(22(18)30)16-6-8-24-9-7-16/h4-12H,1-3H3,(H,25,29,31)/b18-11+. The molecule has 0 atom stereocenters. The molecule has 1 saturated heterocycles. The fourth-order valence-electron chi connectivity index (χ4n) is 3.81. The van der Waals surface area contributed by atoms with Gasteiger partial charge in [-0.3, -0.25) is 30.0 Å². The predicted octanol–water partition coefficient (Wildman–Crippen LogP) is 3.07. The molecule has 1 aromatic carbocycles. The maximum Gasteiger partial charge on any atom is 0.335 e. The molecule has 0 spiro atoms. The van der Waals surface area contributed by atoms with Gasteiger partial charge in [-0.1, -0.05) is 0 Å². The fraction of sp³-hybridized carbons (Fsp3) is 0.130. The van der Waals surface area contributed by atoms with Gasteiger partial charge in [-0.15, -0.1) is 0 Å². The molecule has 0 bridgehead atoms. The molecule has 3 heterocycles. The lowest BCUT2D eigenvalue weighted by Gasteiger charge is -2.26. The van der Waals surface area contributed by atoms with E-state index >= 15 is 0 Å². The zero-order valence-corrected chi connectivity index (χ0v) is 18.4. The molecule has 11 nitrogen and oxygen atoms in total. The van der Waals surface area contributed by atoms with E-state index in [1.54, 1.807) is 24.5 Å². The lowest BCUT2D eigenvalue weighted by molar-refractivity contribution is -0.384. The summed E-state index contributed by atoms with van der Waals surface area (Å²) in [7, 11) is 1.46. The molecule has 3 aromatic rings. The van der Waals surface area contributed by atoms with Crippen LogP contribution in [0.25, 0.3) is 11.8 Å². The molecule has 34 heavy (non-hydrogen) atoms. The summed E-state index contributed by atoms with van der Waals surface area (Å²) >= 11 is 0. The van der Waals surface area contributed by atoms with Crippen molar-refractivity contribution in [2.24, 2.45) is 0 Å². The Labute approximate surface area is 193 Å². The van der Waals surface area contributed by atoms with E-state index in [0.717, 1.165) is 4.90 Å². The average Bonchev–Trinajstić information content (AvgIpc) is 3.09. The molecule has 2 aromatic heterocycles. The van der Waals surface area contributed by atoms with Gasteiger partial charge in [0.05, 0.1) is 23.4 Å². The number of nitro benzene ring substituents is 1. The Hall–Kier alpha value is -4.80. The van der Waals surface area contributed by atoms with Crippen molar-refractivity contribution in [1.82, 2.24) is 14.9 Å². The van der Waals surface area contributed by atoms with Gasteiger partial charge in [-0.2, -0.15) is 0 Å². The molecule has 0 unspecified atom stereocenters. The summed E-state index contributed by atoms with van der Waals surface area (Å²) in [4.78, 5) is 53.5. The molecule has 4 amide bonds. The third-order valence-electron chi connectivity index (χ3n) is 5.41. The number of amides is 4. The maximum absolute atomic E-state index is 13.1. The number of anilines is 1. The number of nitrogens with one attached hydrogen (secondary N) is 1. The van der Waals surface area contributed by atoms with Crippen molar-refractivity contribution in [3.05, 3.63) is 81.4 Å². The number of nitro groups is 1. The predicted molar refractivity (Wildman–Crippen MR) is 122 cm³/mol. The third-order valence-corrected chi connectivity index (χ3v) is 5.41. The van der Waals surface area contributed by atoms with Crippen LogP contribution >= 0.6 is 0 Å². The van der Waals surface area contributed by atoms with Crippen LogP contribution in [0.2, 0.25) is 0 Å². The van der Waals surface area contributed by atoms with Crippen LogP contribution in [0.15, 0.2) is 54.4 Å². The van der Waals surface area contributed by atoms with E-state index in [4.69, 9.17) is 4.74 Å². The first-order valence-electron chi connectivity index (χ1n) is 10.1. The van der Waals surface area contributed by atoms with E-state index in [1.165, 1.54) is 55.9 Å². The van der Waals surface area contributed by atoms with E-state index in [-0.39, 0.29) is 16.9 Å². The number of hydrogen-bond donors (Lipinski definition) is 1. The zero-order valence-electron chi connectivity index (χ0n) is 18.4. The summed E-state index contributed by atoms with van der Waals surface area (Å²) in [6, 6.07) is 8.06. The average molecular weight is 461 g/mol. The van der Waals surface area contributed by atoms with Crippen molar-refractivity contribution < 1.29 is 24.0 Å². The van der Waals surface area contributed by atoms with Crippen molar-refractivity contribution >= 4 is 35.3 Å². The number of imide groups is 2. The topological polar surface area (TPSA) is 137 Å². The molecule has 4 rings (SSSR count). The van der Waals surface area contributed by atoms with E-state index in [1.807, 2.05) is 0 Å². The normalized spacial score (nSPS) is 15.0. The summed E-state index contributed by atoms with van der Waals surface area (Å²) in [5.74, 6) is -1.19. The summed E-state index contributed by atoms with van der Waals surface area (Å²) < 4.78 is 7.12. The van der Waals surface area contributed by atoms with Crippen molar-refractivity contribution in [2.75, 3.05) is 12.0 Å². The van der Waals surface area contributed by atoms with Crippen LogP contribution < -0.4 is 15.0 Å². The van der Waals surface area contributed by atoms with Gasteiger partial charge in [-0.25, -0.2) is 9.69 Å². The van der Waals surface area contributed by atoms with Crippen molar-refractivity contribution in [3.63, 3.8) is 0 Å². The van der Waals surface area contributed by atoms with Crippen molar-refractivity contribution in [2.45, 2.75) is 13.8 Å². The highest BCUT2D eigenvalue weighted by Crippen LogP contribution is 2.32. The number of carbonyl (C=O) groups is 3. The number of methoxy groups -OCH3 is 1. The summed E-state index contributed by atoms with van der Waals surface area (Å²) in [6.45, 7) is 3.53. The molecule has 0 saturated carbocycles. The first-order valence-corrected chi connectivity index (χ1v) is 10.1. The Kier molecular flexibility index (Phi) is 5.68. The number of barbiturate groups is 1. The Balaban J connectivity index is 1.81. The SMILES string of the molecule is COc1ccc([N+](=O)[O-])cc1-n1c(C)cc(/C=C2\C(=O)NC(=O)N(c3ccncc3)C2=O)c1C.